The maximum absolute atomic E-state index is 5.19. The molecule has 1 fully saturated rings. The fourth-order valence-electron chi connectivity index (χ4n) is 2.71. The zero-order valence-corrected chi connectivity index (χ0v) is 11.8. The van der Waals surface area contributed by atoms with E-state index in [9.17, 15) is 0 Å². The Morgan fingerprint density at radius 3 is 2.17 bits per heavy atom. The van der Waals surface area contributed by atoms with E-state index >= 15 is 0 Å². The van der Waals surface area contributed by atoms with Crippen LogP contribution in [0.1, 0.15) is 19.4 Å². The molecule has 18 heavy (non-hydrogen) atoms. The molecule has 0 radical (unpaired) electrons. The number of ether oxygens (including phenoxy) is 1. The summed E-state index contributed by atoms with van der Waals surface area (Å²) >= 11 is 0. The Hall–Kier alpha value is -1.06. The average Bonchev–Trinajstić information content (AvgIpc) is 2.40. The van der Waals surface area contributed by atoms with Crippen LogP contribution in [0.2, 0.25) is 0 Å². The van der Waals surface area contributed by atoms with E-state index in [0.29, 0.717) is 0 Å². The molecule has 1 aliphatic rings. The van der Waals surface area contributed by atoms with Crippen molar-refractivity contribution in [1.82, 2.24) is 0 Å². The van der Waals surface area contributed by atoms with Gasteiger partial charge in [0.25, 0.3) is 0 Å². The minimum atomic E-state index is 0.771. The maximum Gasteiger partial charge on any atom is 0.127 e. The van der Waals surface area contributed by atoms with E-state index in [0.717, 1.165) is 18.3 Å². The third-order valence-electron chi connectivity index (χ3n) is 4.03. The predicted octanol–water partition coefficient (Wildman–Crippen LogP) is -0.613. The second-order valence-electron chi connectivity index (χ2n) is 5.59. The first kappa shape index (κ1) is 13.4. The zero-order valence-electron chi connectivity index (χ0n) is 11.8. The number of piperazine rings is 1. The fraction of sp³-hybridized carbons (Fsp3) is 0.600. The summed E-state index contributed by atoms with van der Waals surface area (Å²) in [4.78, 5) is 3.47. The molecule has 0 atom stereocenters. The van der Waals surface area contributed by atoms with Crippen molar-refractivity contribution in [3.63, 3.8) is 0 Å². The summed E-state index contributed by atoms with van der Waals surface area (Å²) in [7, 11) is 1.72. The minimum Gasteiger partial charge on any atom is -0.497 e. The molecule has 1 heterocycles. The molecule has 1 aromatic carbocycles. The van der Waals surface area contributed by atoms with Crippen LogP contribution in [-0.2, 0) is 6.54 Å². The Bertz CT molecular complexity index is 353. The van der Waals surface area contributed by atoms with Crippen LogP contribution < -0.4 is 14.5 Å². The third kappa shape index (κ3) is 3.47. The molecule has 2 rings (SSSR count). The lowest BCUT2D eigenvalue weighted by Crippen LogP contribution is -3.28. The average molecular weight is 250 g/mol. The van der Waals surface area contributed by atoms with Crippen molar-refractivity contribution in [2.24, 2.45) is 0 Å². The van der Waals surface area contributed by atoms with E-state index < -0.39 is 0 Å². The number of hydrogen-bond acceptors (Lipinski definition) is 1. The summed E-state index contributed by atoms with van der Waals surface area (Å²) in [5.41, 5.74) is 1.42. The summed E-state index contributed by atoms with van der Waals surface area (Å²) in [5.74, 6) is 0.947. The molecule has 1 saturated heterocycles. The van der Waals surface area contributed by atoms with Crippen molar-refractivity contribution in [2.45, 2.75) is 26.4 Å². The van der Waals surface area contributed by atoms with Gasteiger partial charge in [-0.15, -0.1) is 0 Å². The zero-order chi connectivity index (χ0) is 13.0. The Kier molecular flexibility index (Phi) is 4.61. The number of nitrogens with one attached hydrogen (secondary N) is 2. The number of rotatable bonds is 4. The molecule has 1 aromatic rings. The lowest BCUT2D eigenvalue weighted by atomic mass is 10.2. The van der Waals surface area contributed by atoms with Crippen LogP contribution in [-0.4, -0.2) is 39.3 Å². The molecule has 0 spiro atoms. The number of methoxy groups -OCH3 is 1. The predicted molar refractivity (Wildman–Crippen MR) is 73.2 cm³/mol. The van der Waals surface area contributed by atoms with Crippen molar-refractivity contribution in [3.8, 4) is 5.75 Å². The summed E-state index contributed by atoms with van der Waals surface area (Å²) in [6, 6.07) is 9.27. The molecular weight excluding hydrogens is 224 g/mol. The van der Waals surface area contributed by atoms with E-state index in [4.69, 9.17) is 4.74 Å². The topological polar surface area (TPSA) is 18.1 Å². The van der Waals surface area contributed by atoms with Crippen LogP contribution >= 0.6 is 0 Å². The highest BCUT2D eigenvalue weighted by molar-refractivity contribution is 5.26. The molecule has 0 unspecified atom stereocenters. The van der Waals surface area contributed by atoms with Crippen molar-refractivity contribution >= 4 is 0 Å². The lowest BCUT2D eigenvalue weighted by Gasteiger charge is -2.32. The maximum atomic E-state index is 5.19. The Balaban J connectivity index is 1.83. The fourth-order valence-corrected chi connectivity index (χ4v) is 2.71. The number of quaternary nitrogens is 2. The van der Waals surface area contributed by atoms with Gasteiger partial charge in [-0.2, -0.15) is 0 Å². The van der Waals surface area contributed by atoms with E-state index in [1.54, 1.807) is 16.9 Å². The quantitative estimate of drug-likeness (QED) is 0.729. The second kappa shape index (κ2) is 6.21. The summed E-state index contributed by atoms with van der Waals surface area (Å²) in [5, 5.41) is 0. The largest absolute Gasteiger partial charge is 0.497 e. The third-order valence-corrected chi connectivity index (χ3v) is 4.03. The van der Waals surface area contributed by atoms with Crippen molar-refractivity contribution in [3.05, 3.63) is 29.8 Å². The lowest BCUT2D eigenvalue weighted by molar-refractivity contribution is -1.03. The van der Waals surface area contributed by atoms with E-state index in [1.165, 1.54) is 31.7 Å². The van der Waals surface area contributed by atoms with Crippen LogP contribution in [0.4, 0.5) is 0 Å². The molecule has 0 aromatic heterocycles. The van der Waals surface area contributed by atoms with Gasteiger partial charge < -0.3 is 14.5 Å². The number of benzene rings is 1. The summed E-state index contributed by atoms with van der Waals surface area (Å²) in [6.45, 7) is 11.0. The van der Waals surface area contributed by atoms with E-state index in [1.807, 2.05) is 0 Å². The van der Waals surface area contributed by atoms with Crippen LogP contribution in [0.25, 0.3) is 0 Å². The molecule has 0 aliphatic carbocycles. The van der Waals surface area contributed by atoms with Gasteiger partial charge in [0.05, 0.1) is 13.2 Å². The van der Waals surface area contributed by atoms with Crippen molar-refractivity contribution in [1.29, 1.82) is 0 Å². The highest BCUT2D eigenvalue weighted by Crippen LogP contribution is 2.10. The standard InChI is InChI=1S/C15H24N2O/c1-13(2)17-10-8-16(9-11-17)12-14-4-6-15(18-3)7-5-14/h4-7,13H,8-12H2,1-3H3/p+2. The minimum absolute atomic E-state index is 0.771. The Morgan fingerprint density at radius 1 is 1.06 bits per heavy atom. The summed E-state index contributed by atoms with van der Waals surface area (Å²) in [6.07, 6.45) is 0. The SMILES string of the molecule is COc1ccc(C[NH+]2CC[NH+](C(C)C)CC2)cc1. The van der Waals surface area contributed by atoms with Crippen LogP contribution in [0.3, 0.4) is 0 Å². The van der Waals surface area contributed by atoms with E-state index in [2.05, 4.69) is 38.1 Å². The smallest absolute Gasteiger partial charge is 0.127 e. The highest BCUT2D eigenvalue weighted by Gasteiger charge is 2.24. The highest BCUT2D eigenvalue weighted by atomic mass is 16.5. The molecule has 1 aliphatic heterocycles. The van der Waals surface area contributed by atoms with Crippen LogP contribution in [0, 0.1) is 0 Å². The van der Waals surface area contributed by atoms with Gasteiger partial charge in [-0.3, -0.25) is 0 Å². The Labute approximate surface area is 110 Å². The van der Waals surface area contributed by atoms with Gasteiger partial charge >= 0.3 is 0 Å². The van der Waals surface area contributed by atoms with Gasteiger partial charge in [0.15, 0.2) is 0 Å². The van der Waals surface area contributed by atoms with Gasteiger partial charge in [0.2, 0.25) is 0 Å². The van der Waals surface area contributed by atoms with Gasteiger partial charge in [-0.25, -0.2) is 0 Å². The second-order valence-corrected chi connectivity index (χ2v) is 5.59. The number of hydrogen-bond donors (Lipinski definition) is 2. The van der Waals surface area contributed by atoms with Gasteiger partial charge in [-0.05, 0) is 38.1 Å². The molecule has 0 amide bonds. The molecular formula is C15H26N2O+2. The first-order chi connectivity index (χ1) is 8.69. The normalized spacial score (nSPS) is 24.2. The van der Waals surface area contributed by atoms with Gasteiger partial charge in [0.1, 0.15) is 38.5 Å². The monoisotopic (exact) mass is 250 g/mol. The molecule has 2 N–H and O–H groups in total. The van der Waals surface area contributed by atoms with E-state index in [-0.39, 0.29) is 0 Å². The van der Waals surface area contributed by atoms with Crippen molar-refractivity contribution < 1.29 is 14.5 Å². The molecule has 100 valence electrons. The van der Waals surface area contributed by atoms with Gasteiger partial charge in [-0.1, -0.05) is 0 Å². The summed E-state index contributed by atoms with van der Waals surface area (Å²) < 4.78 is 5.19. The van der Waals surface area contributed by atoms with Crippen LogP contribution in [0.5, 0.6) is 5.75 Å². The molecule has 3 heteroatoms. The molecule has 0 saturated carbocycles. The first-order valence-corrected chi connectivity index (χ1v) is 7.00. The Morgan fingerprint density at radius 2 is 1.67 bits per heavy atom. The molecule has 3 nitrogen and oxygen atoms in total. The molecule has 0 bridgehead atoms. The van der Waals surface area contributed by atoms with Gasteiger partial charge in [0, 0.05) is 5.56 Å². The van der Waals surface area contributed by atoms with Crippen molar-refractivity contribution in [2.75, 3.05) is 33.3 Å². The van der Waals surface area contributed by atoms with Crippen LogP contribution in [0.15, 0.2) is 24.3 Å². The first-order valence-electron chi connectivity index (χ1n) is 7.00.